The van der Waals surface area contributed by atoms with Crippen LogP contribution in [0.3, 0.4) is 0 Å². The first-order chi connectivity index (χ1) is 11.3. The highest BCUT2D eigenvalue weighted by Gasteiger charge is 2.30. The van der Waals surface area contributed by atoms with E-state index < -0.39 is 23.8 Å². The van der Waals surface area contributed by atoms with Gasteiger partial charge in [0.15, 0.2) is 6.10 Å². The fraction of sp³-hybridized carbons (Fsp3) is 0.278. The lowest BCUT2D eigenvalue weighted by molar-refractivity contribution is -0.137. The lowest BCUT2D eigenvalue weighted by Crippen LogP contribution is -2.32. The summed E-state index contributed by atoms with van der Waals surface area (Å²) in [4.78, 5) is 12.2. The van der Waals surface area contributed by atoms with Crippen molar-refractivity contribution in [3.05, 3.63) is 59.7 Å². The van der Waals surface area contributed by atoms with Crippen molar-refractivity contribution in [1.82, 2.24) is 0 Å². The second-order valence-corrected chi connectivity index (χ2v) is 5.39. The minimum Gasteiger partial charge on any atom is -0.481 e. The third kappa shape index (κ3) is 4.75. The van der Waals surface area contributed by atoms with Gasteiger partial charge in [0.1, 0.15) is 5.75 Å². The average molecular weight is 337 g/mol. The van der Waals surface area contributed by atoms with Crippen LogP contribution in [-0.4, -0.2) is 12.0 Å². The van der Waals surface area contributed by atoms with E-state index in [4.69, 9.17) is 4.74 Å². The van der Waals surface area contributed by atoms with Crippen LogP contribution in [0.15, 0.2) is 48.5 Å². The van der Waals surface area contributed by atoms with Crippen molar-refractivity contribution >= 4 is 11.6 Å². The monoisotopic (exact) mass is 337 g/mol. The van der Waals surface area contributed by atoms with Gasteiger partial charge in [-0.05, 0) is 49.7 Å². The lowest BCUT2D eigenvalue weighted by atomic mass is 10.2. The van der Waals surface area contributed by atoms with E-state index in [9.17, 15) is 18.0 Å². The van der Waals surface area contributed by atoms with Gasteiger partial charge in [-0.25, -0.2) is 0 Å². The van der Waals surface area contributed by atoms with Crippen LogP contribution >= 0.6 is 0 Å². The van der Waals surface area contributed by atoms with Gasteiger partial charge in [0, 0.05) is 5.69 Å². The Bertz CT molecular complexity index is 679. The number of anilines is 1. The van der Waals surface area contributed by atoms with E-state index in [1.165, 1.54) is 12.1 Å². The Morgan fingerprint density at radius 3 is 2.17 bits per heavy atom. The Morgan fingerprint density at radius 2 is 1.67 bits per heavy atom. The van der Waals surface area contributed by atoms with Crippen LogP contribution in [0.25, 0.3) is 0 Å². The van der Waals surface area contributed by atoms with Gasteiger partial charge in [-0.2, -0.15) is 13.2 Å². The molecule has 0 saturated heterocycles. The molecule has 24 heavy (non-hydrogen) atoms. The molecule has 0 fully saturated rings. The van der Waals surface area contributed by atoms with Crippen molar-refractivity contribution in [2.24, 2.45) is 0 Å². The summed E-state index contributed by atoms with van der Waals surface area (Å²) in [5.74, 6) is 0.160. The third-order valence-corrected chi connectivity index (χ3v) is 3.44. The molecule has 1 atom stereocenters. The lowest BCUT2D eigenvalue weighted by Gasteiger charge is -2.17. The molecule has 2 rings (SSSR count). The van der Waals surface area contributed by atoms with E-state index in [0.717, 1.165) is 17.7 Å². The first-order valence-corrected chi connectivity index (χ1v) is 7.51. The Morgan fingerprint density at radius 1 is 1.08 bits per heavy atom. The number of rotatable bonds is 5. The number of hydrogen-bond acceptors (Lipinski definition) is 2. The number of carbonyl (C=O) groups excluding carboxylic acids is 1. The molecule has 0 aromatic heterocycles. The zero-order chi connectivity index (χ0) is 17.7. The first kappa shape index (κ1) is 17.8. The zero-order valence-corrected chi connectivity index (χ0v) is 13.4. The highest BCUT2D eigenvalue weighted by molar-refractivity contribution is 5.94. The highest BCUT2D eigenvalue weighted by atomic mass is 19.4. The quantitative estimate of drug-likeness (QED) is 0.850. The molecule has 6 heteroatoms. The number of alkyl halides is 3. The number of aryl methyl sites for hydroxylation is 1. The number of halogens is 3. The molecule has 1 unspecified atom stereocenters. The van der Waals surface area contributed by atoms with Crippen molar-refractivity contribution in [2.75, 3.05) is 5.32 Å². The molecule has 0 aliphatic rings. The van der Waals surface area contributed by atoms with E-state index >= 15 is 0 Å². The molecule has 0 saturated carbocycles. The summed E-state index contributed by atoms with van der Waals surface area (Å²) < 4.78 is 43.2. The van der Waals surface area contributed by atoms with Crippen molar-refractivity contribution in [3.63, 3.8) is 0 Å². The summed E-state index contributed by atoms with van der Waals surface area (Å²) in [6.07, 6.45) is -4.70. The van der Waals surface area contributed by atoms with Crippen LogP contribution in [0.4, 0.5) is 18.9 Å². The molecule has 0 bridgehead atoms. The molecule has 2 aromatic rings. The maximum absolute atomic E-state index is 12.5. The van der Waals surface area contributed by atoms with Crippen molar-refractivity contribution < 1.29 is 22.7 Å². The summed E-state index contributed by atoms with van der Waals surface area (Å²) in [7, 11) is 0. The minimum atomic E-state index is -4.40. The SMILES string of the molecule is CCC(Oc1ccc(C)cc1)C(=O)Nc1ccc(C(F)(F)F)cc1. The van der Waals surface area contributed by atoms with E-state index in [1.807, 2.05) is 19.1 Å². The van der Waals surface area contributed by atoms with E-state index in [1.54, 1.807) is 19.1 Å². The van der Waals surface area contributed by atoms with Gasteiger partial charge in [0.25, 0.3) is 5.91 Å². The van der Waals surface area contributed by atoms with Crippen molar-refractivity contribution in [3.8, 4) is 5.75 Å². The van der Waals surface area contributed by atoms with Gasteiger partial charge >= 0.3 is 6.18 Å². The first-order valence-electron chi connectivity index (χ1n) is 7.51. The third-order valence-electron chi connectivity index (χ3n) is 3.44. The largest absolute Gasteiger partial charge is 0.481 e. The standard InChI is InChI=1S/C18H18F3NO2/c1-3-16(24-15-10-4-12(2)5-11-15)17(23)22-14-8-6-13(7-9-14)18(19,20)21/h4-11,16H,3H2,1-2H3,(H,22,23). The fourth-order valence-corrected chi connectivity index (χ4v) is 2.07. The summed E-state index contributed by atoms with van der Waals surface area (Å²) in [5, 5.41) is 2.57. The molecule has 128 valence electrons. The van der Waals surface area contributed by atoms with Crippen LogP contribution in [0, 0.1) is 6.92 Å². The highest BCUT2D eigenvalue weighted by Crippen LogP contribution is 2.29. The van der Waals surface area contributed by atoms with E-state index in [0.29, 0.717) is 17.9 Å². The Hall–Kier alpha value is -2.50. The number of nitrogens with one attached hydrogen (secondary N) is 1. The number of carbonyl (C=O) groups is 1. The maximum Gasteiger partial charge on any atom is 0.416 e. The number of ether oxygens (including phenoxy) is 1. The van der Waals surface area contributed by atoms with Crippen LogP contribution < -0.4 is 10.1 Å². The van der Waals surface area contributed by atoms with E-state index in [-0.39, 0.29) is 0 Å². The number of hydrogen-bond donors (Lipinski definition) is 1. The molecule has 0 aliphatic carbocycles. The Balaban J connectivity index is 2.02. The molecule has 0 aliphatic heterocycles. The van der Waals surface area contributed by atoms with Crippen LogP contribution in [-0.2, 0) is 11.0 Å². The summed E-state index contributed by atoms with van der Waals surface area (Å²) in [6, 6.07) is 11.6. The normalized spacial score (nSPS) is 12.5. The van der Waals surface area contributed by atoms with Gasteiger partial charge < -0.3 is 10.1 Å². The minimum absolute atomic E-state index is 0.291. The van der Waals surface area contributed by atoms with Crippen LogP contribution in [0.2, 0.25) is 0 Å². The molecule has 3 nitrogen and oxygen atoms in total. The fourth-order valence-electron chi connectivity index (χ4n) is 2.07. The molecular formula is C18H18F3NO2. The topological polar surface area (TPSA) is 38.3 Å². The van der Waals surface area contributed by atoms with Gasteiger partial charge in [-0.1, -0.05) is 24.6 Å². The van der Waals surface area contributed by atoms with Crippen LogP contribution in [0.1, 0.15) is 24.5 Å². The summed E-state index contributed by atoms with van der Waals surface area (Å²) in [5.41, 5.74) is 0.604. The van der Waals surface area contributed by atoms with Crippen LogP contribution in [0.5, 0.6) is 5.75 Å². The Kier molecular flexibility index (Phi) is 5.49. The molecule has 2 aromatic carbocycles. The maximum atomic E-state index is 12.5. The predicted molar refractivity (Wildman–Crippen MR) is 86.0 cm³/mol. The summed E-state index contributed by atoms with van der Waals surface area (Å²) >= 11 is 0. The zero-order valence-electron chi connectivity index (χ0n) is 13.4. The van der Waals surface area contributed by atoms with Gasteiger partial charge in [-0.15, -0.1) is 0 Å². The number of amides is 1. The van der Waals surface area contributed by atoms with Gasteiger partial charge in [0.05, 0.1) is 5.56 Å². The smallest absolute Gasteiger partial charge is 0.416 e. The molecule has 0 heterocycles. The second kappa shape index (κ2) is 7.38. The van der Waals surface area contributed by atoms with Crippen molar-refractivity contribution in [1.29, 1.82) is 0 Å². The summed E-state index contributed by atoms with van der Waals surface area (Å²) in [6.45, 7) is 3.74. The van der Waals surface area contributed by atoms with Gasteiger partial charge in [0.2, 0.25) is 0 Å². The van der Waals surface area contributed by atoms with Crippen molar-refractivity contribution in [2.45, 2.75) is 32.5 Å². The molecule has 0 radical (unpaired) electrons. The molecular weight excluding hydrogens is 319 g/mol. The predicted octanol–water partition coefficient (Wildman–Crippen LogP) is 4.81. The van der Waals surface area contributed by atoms with E-state index in [2.05, 4.69) is 5.32 Å². The molecule has 1 amide bonds. The molecule has 0 spiro atoms. The second-order valence-electron chi connectivity index (χ2n) is 5.39. The number of benzene rings is 2. The average Bonchev–Trinajstić information content (AvgIpc) is 2.54. The van der Waals surface area contributed by atoms with Gasteiger partial charge in [-0.3, -0.25) is 4.79 Å². The molecule has 1 N–H and O–H groups in total. The Labute approximate surface area is 138 Å².